The van der Waals surface area contributed by atoms with Crippen LogP contribution in [0.25, 0.3) is 0 Å². The van der Waals surface area contributed by atoms with Crippen LogP contribution in [0.3, 0.4) is 0 Å². The molecule has 2 nitrogen and oxygen atoms in total. The van der Waals surface area contributed by atoms with Crippen molar-refractivity contribution in [3.8, 4) is 5.75 Å². The summed E-state index contributed by atoms with van der Waals surface area (Å²) in [6.45, 7) is 8.52. The van der Waals surface area contributed by atoms with Gasteiger partial charge in [0.25, 0.3) is 0 Å². The van der Waals surface area contributed by atoms with E-state index in [9.17, 15) is 9.18 Å². The lowest BCUT2D eigenvalue weighted by Crippen LogP contribution is -2.14. The molecule has 0 fully saturated rings. The number of rotatable bonds is 5. The SMILES string of the molecule is COc1ccc(C(=O)CC(C)CC(C)(C)C)cc1F. The molecule has 1 rings (SSSR count). The molecule has 0 aliphatic rings. The molecule has 0 saturated heterocycles. The summed E-state index contributed by atoms with van der Waals surface area (Å²) in [4.78, 5) is 12.1. The molecule has 0 aliphatic heterocycles. The molecule has 3 heteroatoms. The fourth-order valence-corrected chi connectivity index (χ4v) is 2.39. The largest absolute Gasteiger partial charge is 0.494 e. The van der Waals surface area contributed by atoms with Crippen LogP contribution in [0.1, 0.15) is 50.9 Å². The Balaban J connectivity index is 2.71. The molecule has 0 heterocycles. The number of methoxy groups -OCH3 is 1. The van der Waals surface area contributed by atoms with Crippen LogP contribution >= 0.6 is 0 Å². The minimum absolute atomic E-state index is 0.0155. The highest BCUT2D eigenvalue weighted by atomic mass is 19.1. The van der Waals surface area contributed by atoms with Crippen LogP contribution in [0.15, 0.2) is 18.2 Å². The zero-order chi connectivity index (χ0) is 14.6. The Bertz CT molecular complexity index is 447. The van der Waals surface area contributed by atoms with E-state index in [1.54, 1.807) is 6.07 Å². The molecule has 0 aliphatic carbocycles. The van der Waals surface area contributed by atoms with Gasteiger partial charge in [0.15, 0.2) is 17.3 Å². The van der Waals surface area contributed by atoms with E-state index in [1.165, 1.54) is 19.2 Å². The number of carbonyl (C=O) groups is 1. The minimum atomic E-state index is -0.489. The van der Waals surface area contributed by atoms with Crippen LogP contribution in [-0.4, -0.2) is 12.9 Å². The van der Waals surface area contributed by atoms with E-state index in [-0.39, 0.29) is 22.9 Å². The molecule has 1 aromatic rings. The molecule has 0 radical (unpaired) electrons. The molecular weight excluding hydrogens is 243 g/mol. The first-order chi connectivity index (χ1) is 8.73. The van der Waals surface area contributed by atoms with Crippen LogP contribution in [0.5, 0.6) is 5.75 Å². The number of Topliss-reactive ketones (excluding diaryl/α,β-unsaturated/α-hetero) is 1. The molecule has 0 spiro atoms. The van der Waals surface area contributed by atoms with E-state index >= 15 is 0 Å². The summed E-state index contributed by atoms with van der Waals surface area (Å²) in [6, 6.07) is 4.37. The predicted molar refractivity (Wildman–Crippen MR) is 75.1 cm³/mol. The summed E-state index contributed by atoms with van der Waals surface area (Å²) in [6.07, 6.45) is 1.42. The molecule has 1 aromatic carbocycles. The van der Waals surface area contributed by atoms with Crippen molar-refractivity contribution in [1.82, 2.24) is 0 Å². The van der Waals surface area contributed by atoms with Gasteiger partial charge in [-0.1, -0.05) is 27.7 Å². The Morgan fingerprint density at radius 3 is 2.47 bits per heavy atom. The third-order valence-corrected chi connectivity index (χ3v) is 2.97. The molecule has 1 atom stereocenters. The Morgan fingerprint density at radius 2 is 2.00 bits per heavy atom. The molecule has 0 saturated carbocycles. The van der Waals surface area contributed by atoms with Crippen LogP contribution in [0, 0.1) is 17.2 Å². The van der Waals surface area contributed by atoms with E-state index in [4.69, 9.17) is 4.74 Å². The van der Waals surface area contributed by atoms with Gasteiger partial charge in [0.1, 0.15) is 0 Å². The van der Waals surface area contributed by atoms with Gasteiger partial charge in [0.2, 0.25) is 0 Å². The van der Waals surface area contributed by atoms with Gasteiger partial charge in [-0.25, -0.2) is 4.39 Å². The lowest BCUT2D eigenvalue weighted by molar-refractivity contribution is 0.0954. The summed E-state index contributed by atoms with van der Waals surface area (Å²) in [7, 11) is 1.41. The van der Waals surface area contributed by atoms with E-state index in [1.807, 2.05) is 0 Å². The van der Waals surface area contributed by atoms with Crippen molar-refractivity contribution in [1.29, 1.82) is 0 Å². The number of hydrogen-bond donors (Lipinski definition) is 0. The van der Waals surface area contributed by atoms with Crippen LogP contribution in [-0.2, 0) is 0 Å². The van der Waals surface area contributed by atoms with Crippen molar-refractivity contribution in [2.75, 3.05) is 7.11 Å². The lowest BCUT2D eigenvalue weighted by atomic mass is 9.83. The maximum absolute atomic E-state index is 13.5. The van der Waals surface area contributed by atoms with Gasteiger partial charge in [-0.15, -0.1) is 0 Å². The Kier molecular flexibility index (Phi) is 5.10. The van der Waals surface area contributed by atoms with Gasteiger partial charge >= 0.3 is 0 Å². The molecule has 0 bridgehead atoms. The number of ketones is 1. The molecule has 0 aromatic heterocycles. The smallest absolute Gasteiger partial charge is 0.165 e. The predicted octanol–water partition coefficient (Wildman–Crippen LogP) is 4.48. The fraction of sp³-hybridized carbons (Fsp3) is 0.562. The maximum atomic E-state index is 13.5. The van der Waals surface area contributed by atoms with Crippen molar-refractivity contribution < 1.29 is 13.9 Å². The number of ether oxygens (including phenoxy) is 1. The molecule has 1 unspecified atom stereocenters. The summed E-state index contributed by atoms with van der Waals surface area (Å²) >= 11 is 0. The van der Waals surface area contributed by atoms with Gasteiger partial charge in [0.05, 0.1) is 7.11 Å². The molecule has 106 valence electrons. The molecule has 19 heavy (non-hydrogen) atoms. The van der Waals surface area contributed by atoms with Gasteiger partial charge in [0, 0.05) is 12.0 Å². The van der Waals surface area contributed by atoms with Gasteiger partial charge in [-0.2, -0.15) is 0 Å². The first kappa shape index (κ1) is 15.7. The highest BCUT2D eigenvalue weighted by Crippen LogP contribution is 2.27. The van der Waals surface area contributed by atoms with E-state index < -0.39 is 5.82 Å². The lowest BCUT2D eigenvalue weighted by Gasteiger charge is -2.22. The van der Waals surface area contributed by atoms with Gasteiger partial charge in [-0.05, 0) is 36.0 Å². The van der Waals surface area contributed by atoms with Crippen molar-refractivity contribution >= 4 is 5.78 Å². The Hall–Kier alpha value is -1.38. The van der Waals surface area contributed by atoms with Gasteiger partial charge in [-0.3, -0.25) is 4.79 Å². The summed E-state index contributed by atoms with van der Waals surface area (Å²) in [5, 5.41) is 0. The number of halogens is 1. The quantitative estimate of drug-likeness (QED) is 0.734. The van der Waals surface area contributed by atoms with Crippen molar-refractivity contribution in [3.05, 3.63) is 29.6 Å². The average Bonchev–Trinajstić information content (AvgIpc) is 2.26. The highest BCUT2D eigenvalue weighted by Gasteiger charge is 2.19. The second kappa shape index (κ2) is 6.18. The standard InChI is InChI=1S/C16H23FO2/c1-11(10-16(2,3)4)8-14(18)12-6-7-15(19-5)13(17)9-12/h6-7,9,11H,8,10H2,1-5H3. The minimum Gasteiger partial charge on any atom is -0.494 e. The normalized spacial score (nSPS) is 13.2. The first-order valence-corrected chi connectivity index (χ1v) is 6.59. The Labute approximate surface area is 115 Å². The van der Waals surface area contributed by atoms with Crippen LogP contribution < -0.4 is 4.74 Å². The zero-order valence-corrected chi connectivity index (χ0v) is 12.4. The van der Waals surface area contributed by atoms with E-state index in [2.05, 4.69) is 27.7 Å². The van der Waals surface area contributed by atoms with E-state index in [0.29, 0.717) is 12.0 Å². The van der Waals surface area contributed by atoms with Crippen molar-refractivity contribution in [2.24, 2.45) is 11.3 Å². The first-order valence-electron chi connectivity index (χ1n) is 6.59. The second-order valence-electron chi connectivity index (χ2n) is 6.35. The summed E-state index contributed by atoms with van der Waals surface area (Å²) < 4.78 is 18.4. The molecular formula is C16H23FO2. The molecule has 0 N–H and O–H groups in total. The zero-order valence-electron chi connectivity index (χ0n) is 12.4. The third-order valence-electron chi connectivity index (χ3n) is 2.97. The van der Waals surface area contributed by atoms with Gasteiger partial charge < -0.3 is 4.74 Å². The van der Waals surface area contributed by atoms with Crippen molar-refractivity contribution in [2.45, 2.75) is 40.5 Å². The number of benzene rings is 1. The molecule has 0 amide bonds. The second-order valence-corrected chi connectivity index (χ2v) is 6.35. The fourth-order valence-electron chi connectivity index (χ4n) is 2.39. The van der Waals surface area contributed by atoms with Crippen LogP contribution in [0.2, 0.25) is 0 Å². The summed E-state index contributed by atoms with van der Waals surface area (Å²) in [5.41, 5.74) is 0.615. The van der Waals surface area contributed by atoms with E-state index in [0.717, 1.165) is 6.42 Å². The maximum Gasteiger partial charge on any atom is 0.165 e. The summed E-state index contributed by atoms with van der Waals surface area (Å²) in [5.74, 6) is -0.0490. The number of hydrogen-bond acceptors (Lipinski definition) is 2. The Morgan fingerprint density at radius 1 is 1.37 bits per heavy atom. The van der Waals surface area contributed by atoms with Crippen LogP contribution in [0.4, 0.5) is 4.39 Å². The topological polar surface area (TPSA) is 26.3 Å². The highest BCUT2D eigenvalue weighted by molar-refractivity contribution is 5.96. The monoisotopic (exact) mass is 266 g/mol. The number of carbonyl (C=O) groups excluding carboxylic acids is 1. The third kappa shape index (κ3) is 5.01. The van der Waals surface area contributed by atoms with Crippen molar-refractivity contribution in [3.63, 3.8) is 0 Å². The average molecular weight is 266 g/mol.